The van der Waals surface area contributed by atoms with E-state index in [9.17, 15) is 9.59 Å². The average molecular weight is 385 g/mol. The van der Waals surface area contributed by atoms with Crippen molar-refractivity contribution in [3.8, 4) is 0 Å². The summed E-state index contributed by atoms with van der Waals surface area (Å²) in [5.41, 5.74) is 2.31. The molecular formula is C20H21ClN4O2. The molecule has 0 unspecified atom stereocenters. The Morgan fingerprint density at radius 1 is 1.11 bits per heavy atom. The molecule has 3 aromatic rings. The monoisotopic (exact) mass is 384 g/mol. The van der Waals surface area contributed by atoms with E-state index < -0.39 is 6.04 Å². The molecule has 0 aliphatic rings. The van der Waals surface area contributed by atoms with Crippen molar-refractivity contribution in [3.05, 3.63) is 59.1 Å². The first-order valence-corrected chi connectivity index (χ1v) is 9.10. The third kappa shape index (κ3) is 4.65. The number of amides is 2. The van der Waals surface area contributed by atoms with Gasteiger partial charge in [-0.1, -0.05) is 55.8 Å². The summed E-state index contributed by atoms with van der Waals surface area (Å²) in [6.45, 7) is 3.75. The number of hydrogen-bond donors (Lipinski definition) is 3. The maximum Gasteiger partial charge on any atom is 0.249 e. The number of halogens is 1. The Labute approximate surface area is 162 Å². The Bertz CT molecular complexity index is 934. The molecule has 1 atom stereocenters. The van der Waals surface area contributed by atoms with Crippen LogP contribution in [0, 0.1) is 5.92 Å². The number of fused-ring (bicyclic) bond motifs is 1. The van der Waals surface area contributed by atoms with Gasteiger partial charge in [0.15, 0.2) is 0 Å². The first kappa shape index (κ1) is 18.9. The zero-order valence-electron chi connectivity index (χ0n) is 15.1. The lowest BCUT2D eigenvalue weighted by molar-refractivity contribution is -0.127. The molecule has 1 aromatic heterocycles. The number of carbonyl (C=O) groups is 2. The van der Waals surface area contributed by atoms with Crippen LogP contribution in [0.4, 0.5) is 5.95 Å². The SMILES string of the molecule is CC(C)[C@H](NC(=O)Cc1ccccc1Cl)C(=O)Nc1nc2ccccc2[nH]1. The highest BCUT2D eigenvalue weighted by atomic mass is 35.5. The minimum Gasteiger partial charge on any atom is -0.344 e. The van der Waals surface area contributed by atoms with Crippen molar-refractivity contribution in [2.45, 2.75) is 26.3 Å². The molecule has 0 saturated carbocycles. The van der Waals surface area contributed by atoms with Gasteiger partial charge in [0.2, 0.25) is 17.8 Å². The van der Waals surface area contributed by atoms with Crippen LogP contribution in [0.1, 0.15) is 19.4 Å². The Morgan fingerprint density at radius 2 is 1.81 bits per heavy atom. The Kier molecular flexibility index (Phi) is 5.76. The van der Waals surface area contributed by atoms with Crippen LogP contribution in [0.15, 0.2) is 48.5 Å². The van der Waals surface area contributed by atoms with Crippen LogP contribution in [0.2, 0.25) is 5.02 Å². The number of nitrogens with one attached hydrogen (secondary N) is 3. The lowest BCUT2D eigenvalue weighted by Crippen LogP contribution is -2.47. The number of rotatable bonds is 6. The van der Waals surface area contributed by atoms with Crippen molar-refractivity contribution >= 4 is 40.4 Å². The van der Waals surface area contributed by atoms with Crippen LogP contribution in [0.25, 0.3) is 11.0 Å². The first-order valence-electron chi connectivity index (χ1n) is 8.72. The number of carbonyl (C=O) groups excluding carboxylic acids is 2. The second-order valence-corrected chi connectivity index (χ2v) is 7.06. The molecule has 27 heavy (non-hydrogen) atoms. The molecule has 0 spiro atoms. The van der Waals surface area contributed by atoms with E-state index in [4.69, 9.17) is 11.6 Å². The molecule has 0 bridgehead atoms. The smallest absolute Gasteiger partial charge is 0.249 e. The Balaban J connectivity index is 1.68. The van der Waals surface area contributed by atoms with Gasteiger partial charge in [-0.15, -0.1) is 0 Å². The summed E-state index contributed by atoms with van der Waals surface area (Å²) in [6.07, 6.45) is 0.112. The van der Waals surface area contributed by atoms with Crippen molar-refractivity contribution in [3.63, 3.8) is 0 Å². The minimum atomic E-state index is -0.687. The number of nitrogens with zero attached hydrogens (tertiary/aromatic N) is 1. The van der Waals surface area contributed by atoms with E-state index in [0.29, 0.717) is 11.0 Å². The van der Waals surface area contributed by atoms with Gasteiger partial charge in [-0.25, -0.2) is 4.98 Å². The third-order valence-corrected chi connectivity index (χ3v) is 4.57. The van der Waals surface area contributed by atoms with Crippen LogP contribution in [-0.2, 0) is 16.0 Å². The summed E-state index contributed by atoms with van der Waals surface area (Å²) in [7, 11) is 0. The van der Waals surface area contributed by atoms with E-state index in [1.165, 1.54) is 0 Å². The number of aromatic amines is 1. The summed E-state index contributed by atoms with van der Waals surface area (Å²) in [5, 5.41) is 6.07. The number of anilines is 1. The van der Waals surface area contributed by atoms with E-state index >= 15 is 0 Å². The van der Waals surface area contributed by atoms with Gasteiger partial charge >= 0.3 is 0 Å². The van der Waals surface area contributed by atoms with Crippen LogP contribution in [-0.4, -0.2) is 27.8 Å². The fourth-order valence-electron chi connectivity index (χ4n) is 2.78. The molecule has 0 aliphatic carbocycles. The molecule has 0 radical (unpaired) electrons. The van der Waals surface area contributed by atoms with Gasteiger partial charge in [0, 0.05) is 5.02 Å². The molecule has 0 fully saturated rings. The lowest BCUT2D eigenvalue weighted by atomic mass is 10.0. The molecule has 6 nitrogen and oxygen atoms in total. The zero-order valence-corrected chi connectivity index (χ0v) is 15.9. The highest BCUT2D eigenvalue weighted by Crippen LogP contribution is 2.16. The van der Waals surface area contributed by atoms with Crippen molar-refractivity contribution in [1.29, 1.82) is 0 Å². The summed E-state index contributed by atoms with van der Waals surface area (Å²) in [5.74, 6) is -0.324. The normalized spacial score (nSPS) is 12.1. The van der Waals surface area contributed by atoms with E-state index in [0.717, 1.165) is 16.6 Å². The Morgan fingerprint density at radius 3 is 2.52 bits per heavy atom. The molecule has 2 aromatic carbocycles. The fraction of sp³-hybridized carbons (Fsp3) is 0.250. The maximum absolute atomic E-state index is 12.7. The van der Waals surface area contributed by atoms with Crippen LogP contribution in [0.3, 0.4) is 0 Å². The first-order chi connectivity index (χ1) is 12.9. The minimum absolute atomic E-state index is 0.0930. The number of aromatic nitrogens is 2. The van der Waals surface area contributed by atoms with Crippen molar-refractivity contribution in [2.24, 2.45) is 5.92 Å². The number of benzene rings is 2. The summed E-state index contributed by atoms with van der Waals surface area (Å²) >= 11 is 6.10. The number of H-pyrrole nitrogens is 1. The Hall–Kier alpha value is -2.86. The topological polar surface area (TPSA) is 86.9 Å². The molecule has 1 heterocycles. The molecular weight excluding hydrogens is 364 g/mol. The largest absolute Gasteiger partial charge is 0.344 e. The van der Waals surface area contributed by atoms with Gasteiger partial charge < -0.3 is 10.3 Å². The molecule has 3 N–H and O–H groups in total. The number of para-hydroxylation sites is 2. The van der Waals surface area contributed by atoms with Gasteiger partial charge in [-0.3, -0.25) is 14.9 Å². The second kappa shape index (κ2) is 8.22. The van der Waals surface area contributed by atoms with Crippen LogP contribution < -0.4 is 10.6 Å². The summed E-state index contributed by atoms with van der Waals surface area (Å²) in [6, 6.07) is 14.0. The van der Waals surface area contributed by atoms with Crippen LogP contribution in [0.5, 0.6) is 0 Å². The quantitative estimate of drug-likeness (QED) is 0.607. The van der Waals surface area contributed by atoms with E-state index in [2.05, 4.69) is 20.6 Å². The van der Waals surface area contributed by atoms with Crippen molar-refractivity contribution < 1.29 is 9.59 Å². The zero-order chi connectivity index (χ0) is 19.4. The molecule has 0 aliphatic heterocycles. The molecule has 7 heteroatoms. The molecule has 3 rings (SSSR count). The van der Waals surface area contributed by atoms with E-state index in [-0.39, 0.29) is 24.2 Å². The lowest BCUT2D eigenvalue weighted by Gasteiger charge is -2.21. The van der Waals surface area contributed by atoms with Gasteiger partial charge in [-0.05, 0) is 29.7 Å². The highest BCUT2D eigenvalue weighted by molar-refractivity contribution is 6.31. The van der Waals surface area contributed by atoms with Gasteiger partial charge in [0.05, 0.1) is 17.5 Å². The molecule has 0 saturated heterocycles. The van der Waals surface area contributed by atoms with Crippen molar-refractivity contribution in [2.75, 3.05) is 5.32 Å². The van der Waals surface area contributed by atoms with E-state index in [1.807, 2.05) is 44.2 Å². The second-order valence-electron chi connectivity index (χ2n) is 6.65. The number of imidazole rings is 1. The summed E-state index contributed by atoms with van der Waals surface area (Å²) in [4.78, 5) is 32.5. The van der Waals surface area contributed by atoms with Crippen LogP contribution >= 0.6 is 11.6 Å². The maximum atomic E-state index is 12.7. The fourth-order valence-corrected chi connectivity index (χ4v) is 2.98. The average Bonchev–Trinajstić information content (AvgIpc) is 3.03. The molecule has 2 amide bonds. The van der Waals surface area contributed by atoms with Crippen molar-refractivity contribution in [1.82, 2.24) is 15.3 Å². The number of hydrogen-bond acceptors (Lipinski definition) is 3. The van der Waals surface area contributed by atoms with Gasteiger partial charge in [-0.2, -0.15) is 0 Å². The third-order valence-electron chi connectivity index (χ3n) is 4.21. The van der Waals surface area contributed by atoms with Gasteiger partial charge in [0.25, 0.3) is 0 Å². The van der Waals surface area contributed by atoms with Gasteiger partial charge in [0.1, 0.15) is 6.04 Å². The standard InChI is InChI=1S/C20H21ClN4O2/c1-12(2)18(24-17(26)11-13-7-3-4-8-14(13)21)19(27)25-20-22-15-9-5-6-10-16(15)23-20/h3-10,12,18H,11H2,1-2H3,(H,24,26)(H2,22,23,25,27)/t18-/m0/s1. The predicted octanol–water partition coefficient (Wildman–Crippen LogP) is 3.54. The van der Waals surface area contributed by atoms with E-state index in [1.54, 1.807) is 18.2 Å². The molecule has 140 valence electrons. The highest BCUT2D eigenvalue weighted by Gasteiger charge is 2.25. The summed E-state index contributed by atoms with van der Waals surface area (Å²) < 4.78 is 0. The predicted molar refractivity (Wildman–Crippen MR) is 107 cm³/mol.